The van der Waals surface area contributed by atoms with Gasteiger partial charge >= 0.3 is 0 Å². The van der Waals surface area contributed by atoms with E-state index < -0.39 is 0 Å². The summed E-state index contributed by atoms with van der Waals surface area (Å²) in [4.78, 5) is 19.6. The van der Waals surface area contributed by atoms with Gasteiger partial charge in [-0.05, 0) is 244 Å². The maximum Gasteiger partial charge on any atom is 0.161 e. The molecule has 0 saturated carbocycles. The van der Waals surface area contributed by atoms with Crippen LogP contribution < -0.4 is 0 Å². The third-order valence-electron chi connectivity index (χ3n) is 23.9. The lowest BCUT2D eigenvalue weighted by Crippen LogP contribution is -2.03. The first-order chi connectivity index (χ1) is 60.2. The number of rotatable bonds is 14. The van der Waals surface area contributed by atoms with Crippen molar-refractivity contribution in [3.63, 3.8) is 0 Å². The molecule has 122 heavy (non-hydrogen) atoms. The molecule has 5 heterocycles. The van der Waals surface area contributed by atoms with E-state index in [4.69, 9.17) is 19.9 Å². The Bertz CT molecular complexity index is 7790. The number of fused-ring (bicyclic) bond motifs is 9. The highest BCUT2D eigenvalue weighted by Gasteiger charge is 2.23. The van der Waals surface area contributed by atoms with Gasteiger partial charge in [0.05, 0.1) is 68.1 Å². The molecule has 4 bridgehead atoms. The van der Waals surface area contributed by atoms with Crippen LogP contribution in [0, 0.1) is 28.6 Å². The number of hydrogen-bond acceptors (Lipinski definition) is 6. The molecule has 0 radical (unpaired) electrons. The minimum Gasteiger partial charge on any atom is -0.309 e. The van der Waals surface area contributed by atoms with Gasteiger partial charge in [0, 0.05) is 67.6 Å². The molecule has 2 aliphatic rings. The quantitative estimate of drug-likeness (QED) is 0.0792. The first kappa shape index (κ1) is 73.1. The van der Waals surface area contributed by atoms with Gasteiger partial charge < -0.3 is 9.13 Å². The zero-order valence-corrected chi connectivity index (χ0v) is 66.5. The summed E-state index contributed by atoms with van der Waals surface area (Å²) in [6.07, 6.45) is 23.9. The Morgan fingerprint density at radius 3 is 1.42 bits per heavy atom. The van der Waals surface area contributed by atoms with Crippen molar-refractivity contribution in [3.8, 4) is 113 Å². The van der Waals surface area contributed by atoms with Crippen molar-refractivity contribution < 1.29 is 0 Å². The molecule has 0 aliphatic heterocycles. The molecule has 22 rings (SSSR count). The SMILES string of the molecule is C=C/C=C\C(=C)c1cc(-c2ccccc2)nc(-c2ccc3cc2/C=C\C2C=C(/C=C\3)C(c3ccc(-c4ccc5c6ccc(C#N)cc6n(-c6ccccc6)c5c4)cc3)=CC2)n1.N#Cc1ccc2c3ccc(-c4ccc(-c5ccc6ccc7c(-c8cc(-c9ccccn9)cc(-c9ccccn9)c8)ccc8ccc5c6c87)cc4)cc3n(-c3ccccc3)c2c1. The molecule has 5 aromatic heterocycles. The number of nitrogens with zero attached hydrogens (tertiary/aromatic N) is 8. The summed E-state index contributed by atoms with van der Waals surface area (Å²) < 4.78 is 4.54. The van der Waals surface area contributed by atoms with Crippen molar-refractivity contribution in [2.24, 2.45) is 5.92 Å². The molecule has 1 unspecified atom stereocenters. The highest BCUT2D eigenvalue weighted by Crippen LogP contribution is 2.46. The second-order valence-corrected chi connectivity index (χ2v) is 31.2. The highest BCUT2D eigenvalue weighted by molar-refractivity contribution is 6.28. The molecule has 8 nitrogen and oxygen atoms in total. The minimum atomic E-state index is 0.237. The van der Waals surface area contributed by atoms with Crippen molar-refractivity contribution in [2.75, 3.05) is 0 Å². The normalized spacial score (nSPS) is 13.5. The van der Waals surface area contributed by atoms with E-state index in [1.807, 2.05) is 109 Å². The zero-order chi connectivity index (χ0) is 81.7. The Kier molecular flexibility index (Phi) is 18.7. The van der Waals surface area contributed by atoms with Crippen LogP contribution in [0.2, 0.25) is 0 Å². The maximum atomic E-state index is 9.74. The number of para-hydroxylation sites is 2. The second kappa shape index (κ2) is 31.2. The lowest BCUT2D eigenvalue weighted by atomic mass is 9.85. The lowest BCUT2D eigenvalue weighted by Gasteiger charge is -2.20. The van der Waals surface area contributed by atoms with Crippen LogP contribution in [0.1, 0.15) is 39.9 Å². The Balaban J connectivity index is 0.000000150. The molecule has 0 spiro atoms. The van der Waals surface area contributed by atoms with Crippen molar-refractivity contribution in [1.29, 1.82) is 10.5 Å². The van der Waals surface area contributed by atoms with E-state index >= 15 is 0 Å². The average Bonchev–Trinajstić information content (AvgIpc) is 0.846. The third-order valence-corrected chi connectivity index (χ3v) is 23.9. The maximum absolute atomic E-state index is 9.74. The summed E-state index contributed by atoms with van der Waals surface area (Å²) in [6.45, 7) is 8.11. The van der Waals surface area contributed by atoms with Crippen LogP contribution in [0.4, 0.5) is 0 Å². The van der Waals surface area contributed by atoms with Crippen LogP contribution in [-0.4, -0.2) is 29.1 Å². The zero-order valence-electron chi connectivity index (χ0n) is 66.5. The molecule has 0 fully saturated rings. The monoisotopic (exact) mass is 1550 g/mol. The summed E-state index contributed by atoms with van der Waals surface area (Å²) in [5.41, 5.74) is 31.2. The van der Waals surface area contributed by atoms with Crippen LogP contribution >= 0.6 is 0 Å². The lowest BCUT2D eigenvalue weighted by molar-refractivity contribution is 0.823. The van der Waals surface area contributed by atoms with Gasteiger partial charge in [0.1, 0.15) is 0 Å². The smallest absolute Gasteiger partial charge is 0.161 e. The fraction of sp³-hybridized carbons (Fsp3) is 0.0175. The molecule has 20 aromatic rings. The molecule has 0 saturated heterocycles. The summed E-state index contributed by atoms with van der Waals surface area (Å²) >= 11 is 0. The molecule has 2 aliphatic carbocycles. The van der Waals surface area contributed by atoms with E-state index in [0.717, 1.165) is 151 Å². The van der Waals surface area contributed by atoms with E-state index in [1.165, 1.54) is 65.7 Å². The fourth-order valence-corrected chi connectivity index (χ4v) is 17.9. The standard InChI is InChI=1S/C57H34N4.C57H40N4/c58-35-36-12-22-48-49-25-21-41(34-55(49)61(54(48)30-36)45-8-2-1-3-9-45)37-13-15-38(16-14-37)46-23-17-39-20-27-51-47(24-18-40-19-26-50(46)56(39)57(40)51)42-31-43(52-10-4-6-28-59-52)33-44(32-42)53-11-5-7-29-60-53;1-3-4-11-38(2)53-36-54(44-12-7-5-8-13-44)60-57(59-53)50-29-19-40-16-21-46-32-39(17-22-47(50)33-40)18-28-49(46)43-25-23-42(24-26-43)45-27-31-52-51-30-20-41(37-58)34-55(51)61(56(52)35-45)48-14-9-6-10-15-48/h1-34H;3-17,19-36,39H,1-2,18H2/b;11-4-,21-16-,22-17-. The van der Waals surface area contributed by atoms with Crippen LogP contribution in [0.5, 0.6) is 0 Å². The Morgan fingerprint density at radius 2 is 0.869 bits per heavy atom. The second-order valence-electron chi connectivity index (χ2n) is 31.2. The fourth-order valence-electron chi connectivity index (χ4n) is 17.9. The van der Waals surface area contributed by atoms with Crippen LogP contribution in [0.25, 0.3) is 200 Å². The minimum absolute atomic E-state index is 0.237. The van der Waals surface area contributed by atoms with Crippen molar-refractivity contribution in [1.82, 2.24) is 29.1 Å². The highest BCUT2D eigenvalue weighted by atomic mass is 15.0. The predicted molar refractivity (Wildman–Crippen MR) is 506 cm³/mol. The average molecular weight is 1560 g/mol. The molecule has 0 amide bonds. The molecular formula is C114H74N8. The molecule has 15 aromatic carbocycles. The van der Waals surface area contributed by atoms with Gasteiger partial charge in [-0.1, -0.05) is 286 Å². The number of aromatic nitrogens is 6. The van der Waals surface area contributed by atoms with E-state index in [2.05, 4.69) is 326 Å². The van der Waals surface area contributed by atoms with Gasteiger partial charge in [-0.15, -0.1) is 0 Å². The molecule has 570 valence electrons. The number of hydrogen-bond donors (Lipinski definition) is 0. The van der Waals surface area contributed by atoms with Gasteiger partial charge in [0.2, 0.25) is 0 Å². The number of benzene rings is 15. The van der Waals surface area contributed by atoms with Gasteiger partial charge in [-0.2, -0.15) is 10.5 Å². The number of nitriles is 2. The van der Waals surface area contributed by atoms with Gasteiger partial charge in [-0.3, -0.25) is 9.97 Å². The van der Waals surface area contributed by atoms with Gasteiger partial charge in [0.15, 0.2) is 5.82 Å². The predicted octanol–water partition coefficient (Wildman–Crippen LogP) is 28.9. The van der Waals surface area contributed by atoms with Crippen LogP contribution in [0.3, 0.4) is 0 Å². The van der Waals surface area contributed by atoms with E-state index in [0.29, 0.717) is 17.0 Å². The van der Waals surface area contributed by atoms with Crippen molar-refractivity contribution in [3.05, 3.63) is 447 Å². The van der Waals surface area contributed by atoms with Crippen LogP contribution in [0.15, 0.2) is 413 Å². The Labute approximate surface area is 706 Å². The Morgan fingerprint density at radius 1 is 0.385 bits per heavy atom. The summed E-state index contributed by atoms with van der Waals surface area (Å²) in [6, 6.07) is 124. The van der Waals surface area contributed by atoms with Crippen molar-refractivity contribution >= 4 is 99.2 Å². The van der Waals surface area contributed by atoms with Crippen molar-refractivity contribution in [2.45, 2.75) is 6.42 Å². The molecule has 0 N–H and O–H groups in total. The molecular weight excluding hydrogens is 1480 g/mol. The van der Waals surface area contributed by atoms with E-state index in [1.54, 1.807) is 6.08 Å². The van der Waals surface area contributed by atoms with Gasteiger partial charge in [-0.25, -0.2) is 9.97 Å². The molecule has 1 atom stereocenters. The third kappa shape index (κ3) is 13.5. The first-order valence-corrected chi connectivity index (χ1v) is 41.1. The Hall–Kier alpha value is -16.5. The van der Waals surface area contributed by atoms with Crippen LogP contribution in [-0.2, 0) is 0 Å². The molecule has 8 heteroatoms. The van der Waals surface area contributed by atoms with Gasteiger partial charge in [0.25, 0.3) is 0 Å². The van der Waals surface area contributed by atoms with E-state index in [9.17, 15) is 10.5 Å². The number of pyridine rings is 2. The van der Waals surface area contributed by atoms with E-state index in [-0.39, 0.29) is 5.92 Å². The topological polar surface area (TPSA) is 109 Å². The summed E-state index contributed by atoms with van der Waals surface area (Å²) in [7, 11) is 0. The number of allylic oxidation sites excluding steroid dienone is 10. The largest absolute Gasteiger partial charge is 0.309 e. The summed E-state index contributed by atoms with van der Waals surface area (Å²) in [5, 5.41) is 31.5. The summed E-state index contributed by atoms with van der Waals surface area (Å²) in [5.74, 6) is 0.899. The first-order valence-electron chi connectivity index (χ1n) is 41.1.